The molecule has 0 aliphatic rings. The molecule has 1 amide bonds. The lowest BCUT2D eigenvalue weighted by Crippen LogP contribution is -2.15. The van der Waals surface area contributed by atoms with Gasteiger partial charge in [0.05, 0.1) is 12.1 Å². The molecule has 2 heterocycles. The minimum Gasteiger partial charge on any atom is -0.310 e. The average molecular weight is 306 g/mol. The molecule has 0 radical (unpaired) electrons. The van der Waals surface area contributed by atoms with Gasteiger partial charge in [-0.05, 0) is 46.6 Å². The van der Waals surface area contributed by atoms with E-state index in [1.807, 2.05) is 25.1 Å². The van der Waals surface area contributed by atoms with E-state index in [1.54, 1.807) is 18.5 Å². The molecule has 2 aromatic rings. The predicted molar refractivity (Wildman–Crippen MR) is 73.2 cm³/mol. The van der Waals surface area contributed by atoms with Crippen molar-refractivity contribution in [3.63, 3.8) is 0 Å². The van der Waals surface area contributed by atoms with Gasteiger partial charge in [-0.2, -0.15) is 0 Å². The summed E-state index contributed by atoms with van der Waals surface area (Å²) in [7, 11) is 0. The Kier molecular flexibility index (Phi) is 4.04. The number of carbonyl (C=O) groups excluding carboxylic acids is 1. The molecule has 0 saturated heterocycles. The van der Waals surface area contributed by atoms with Gasteiger partial charge in [-0.1, -0.05) is 6.07 Å². The summed E-state index contributed by atoms with van der Waals surface area (Å²) < 4.78 is 0.924. The van der Waals surface area contributed by atoms with Crippen molar-refractivity contribution < 1.29 is 4.79 Å². The summed E-state index contributed by atoms with van der Waals surface area (Å²) in [4.78, 5) is 20.0. The maximum Gasteiger partial charge on any atom is 0.230 e. The van der Waals surface area contributed by atoms with Crippen LogP contribution >= 0.6 is 15.9 Å². The third-order valence-electron chi connectivity index (χ3n) is 2.38. The first-order chi connectivity index (χ1) is 8.65. The first-order valence-electron chi connectivity index (χ1n) is 5.47. The van der Waals surface area contributed by atoms with Gasteiger partial charge in [0.25, 0.3) is 0 Å². The standard InChI is InChI=1S/C13H12BrN3O/c1-9-11(14)4-5-12(16-9)17-13(18)7-10-3-2-6-15-8-10/h2-6,8H,7H2,1H3,(H,16,17,18). The van der Waals surface area contributed by atoms with Crippen molar-refractivity contribution in [3.05, 3.63) is 52.4 Å². The number of nitrogens with zero attached hydrogens (tertiary/aromatic N) is 2. The van der Waals surface area contributed by atoms with Crippen LogP contribution in [0.1, 0.15) is 11.3 Å². The molecule has 0 spiro atoms. The summed E-state index contributed by atoms with van der Waals surface area (Å²) in [6, 6.07) is 7.30. The Bertz CT molecular complexity index is 557. The monoisotopic (exact) mass is 305 g/mol. The van der Waals surface area contributed by atoms with E-state index < -0.39 is 0 Å². The lowest BCUT2D eigenvalue weighted by molar-refractivity contribution is -0.115. The Hall–Kier alpha value is -1.75. The summed E-state index contributed by atoms with van der Waals surface area (Å²) in [5.74, 6) is 0.460. The number of hydrogen-bond acceptors (Lipinski definition) is 3. The zero-order valence-electron chi connectivity index (χ0n) is 9.85. The molecule has 0 aliphatic carbocycles. The third kappa shape index (κ3) is 3.37. The molecule has 1 N–H and O–H groups in total. The highest BCUT2D eigenvalue weighted by Gasteiger charge is 2.06. The quantitative estimate of drug-likeness (QED) is 0.948. The number of anilines is 1. The molecule has 0 fully saturated rings. The molecule has 4 nitrogen and oxygen atoms in total. The van der Waals surface area contributed by atoms with Gasteiger partial charge in [0, 0.05) is 16.9 Å². The number of halogens is 1. The summed E-state index contributed by atoms with van der Waals surface area (Å²) in [6.45, 7) is 1.88. The van der Waals surface area contributed by atoms with Gasteiger partial charge in [0.15, 0.2) is 0 Å². The van der Waals surface area contributed by atoms with Crippen LogP contribution in [0.25, 0.3) is 0 Å². The van der Waals surface area contributed by atoms with Gasteiger partial charge in [0.1, 0.15) is 5.82 Å². The molecule has 92 valence electrons. The van der Waals surface area contributed by atoms with Crippen LogP contribution in [-0.4, -0.2) is 15.9 Å². The molecule has 0 unspecified atom stereocenters. The van der Waals surface area contributed by atoms with Crippen LogP contribution in [-0.2, 0) is 11.2 Å². The predicted octanol–water partition coefficient (Wildman–Crippen LogP) is 2.73. The fourth-order valence-electron chi connectivity index (χ4n) is 1.49. The second-order valence-electron chi connectivity index (χ2n) is 3.85. The summed E-state index contributed by atoms with van der Waals surface area (Å²) >= 11 is 3.37. The van der Waals surface area contributed by atoms with E-state index in [-0.39, 0.29) is 5.91 Å². The van der Waals surface area contributed by atoms with Gasteiger partial charge < -0.3 is 5.32 Å². The van der Waals surface area contributed by atoms with E-state index in [0.29, 0.717) is 12.2 Å². The topological polar surface area (TPSA) is 54.9 Å². The van der Waals surface area contributed by atoms with Gasteiger partial charge in [-0.15, -0.1) is 0 Å². The Morgan fingerprint density at radius 3 is 2.89 bits per heavy atom. The first-order valence-corrected chi connectivity index (χ1v) is 6.26. The number of hydrogen-bond donors (Lipinski definition) is 1. The Balaban J connectivity index is 2.01. The minimum atomic E-state index is -0.0998. The lowest BCUT2D eigenvalue weighted by atomic mass is 10.2. The zero-order chi connectivity index (χ0) is 13.0. The maximum atomic E-state index is 11.8. The highest BCUT2D eigenvalue weighted by Crippen LogP contribution is 2.16. The van der Waals surface area contributed by atoms with Gasteiger partial charge in [-0.25, -0.2) is 4.98 Å². The Morgan fingerprint density at radius 1 is 1.39 bits per heavy atom. The fraction of sp³-hybridized carbons (Fsp3) is 0.154. The van der Waals surface area contributed by atoms with Crippen molar-refractivity contribution >= 4 is 27.7 Å². The highest BCUT2D eigenvalue weighted by atomic mass is 79.9. The second-order valence-corrected chi connectivity index (χ2v) is 4.70. The third-order valence-corrected chi connectivity index (χ3v) is 3.21. The molecule has 2 aromatic heterocycles. The number of carbonyl (C=O) groups is 1. The van der Waals surface area contributed by atoms with E-state index in [4.69, 9.17) is 0 Å². The molecule has 0 aliphatic heterocycles. The van der Waals surface area contributed by atoms with Gasteiger partial charge in [0.2, 0.25) is 5.91 Å². The van der Waals surface area contributed by atoms with Crippen LogP contribution in [0, 0.1) is 6.92 Å². The second kappa shape index (κ2) is 5.73. The minimum absolute atomic E-state index is 0.0998. The van der Waals surface area contributed by atoms with Crippen molar-refractivity contribution in [2.45, 2.75) is 13.3 Å². The number of nitrogens with one attached hydrogen (secondary N) is 1. The van der Waals surface area contributed by atoms with Crippen LogP contribution in [0.4, 0.5) is 5.82 Å². The van der Waals surface area contributed by atoms with E-state index in [2.05, 4.69) is 31.2 Å². The molecular formula is C13H12BrN3O. The zero-order valence-corrected chi connectivity index (χ0v) is 11.4. The highest BCUT2D eigenvalue weighted by molar-refractivity contribution is 9.10. The molecule has 18 heavy (non-hydrogen) atoms. The number of aromatic nitrogens is 2. The lowest BCUT2D eigenvalue weighted by Gasteiger charge is -2.06. The molecule has 0 bridgehead atoms. The smallest absolute Gasteiger partial charge is 0.230 e. The van der Waals surface area contributed by atoms with E-state index in [9.17, 15) is 4.79 Å². The van der Waals surface area contributed by atoms with Crippen molar-refractivity contribution in [1.82, 2.24) is 9.97 Å². The number of rotatable bonds is 3. The average Bonchev–Trinajstić information content (AvgIpc) is 2.35. The molecule has 5 heteroatoms. The number of pyridine rings is 2. The molecule has 0 aromatic carbocycles. The van der Waals surface area contributed by atoms with Crippen LogP contribution in [0.2, 0.25) is 0 Å². The van der Waals surface area contributed by atoms with Crippen molar-refractivity contribution in [2.75, 3.05) is 5.32 Å². The molecule has 0 atom stereocenters. The SMILES string of the molecule is Cc1nc(NC(=O)Cc2cccnc2)ccc1Br. The first kappa shape index (κ1) is 12.7. The van der Waals surface area contributed by atoms with E-state index in [1.165, 1.54) is 0 Å². The number of aryl methyl sites for hydroxylation is 1. The Labute approximate surface area is 114 Å². The van der Waals surface area contributed by atoms with Crippen molar-refractivity contribution in [2.24, 2.45) is 0 Å². The van der Waals surface area contributed by atoms with Crippen LogP contribution in [0.3, 0.4) is 0 Å². The van der Waals surface area contributed by atoms with Gasteiger partial charge >= 0.3 is 0 Å². The summed E-state index contributed by atoms with van der Waals surface area (Å²) in [5.41, 5.74) is 1.72. The maximum absolute atomic E-state index is 11.8. The van der Waals surface area contributed by atoms with Gasteiger partial charge in [-0.3, -0.25) is 9.78 Å². The number of amides is 1. The Morgan fingerprint density at radius 2 is 2.22 bits per heavy atom. The molecule has 0 saturated carbocycles. The van der Waals surface area contributed by atoms with Crippen LogP contribution < -0.4 is 5.32 Å². The van der Waals surface area contributed by atoms with Crippen molar-refractivity contribution in [1.29, 1.82) is 0 Å². The normalized spacial score (nSPS) is 10.1. The van der Waals surface area contributed by atoms with Crippen LogP contribution in [0.15, 0.2) is 41.1 Å². The molecular weight excluding hydrogens is 294 g/mol. The van der Waals surface area contributed by atoms with Crippen LogP contribution in [0.5, 0.6) is 0 Å². The summed E-state index contributed by atoms with van der Waals surface area (Å²) in [5, 5.41) is 2.76. The van der Waals surface area contributed by atoms with Crippen molar-refractivity contribution in [3.8, 4) is 0 Å². The van der Waals surface area contributed by atoms with E-state index in [0.717, 1.165) is 15.7 Å². The molecule has 2 rings (SSSR count). The summed E-state index contributed by atoms with van der Waals surface area (Å²) in [6.07, 6.45) is 3.66. The fourth-order valence-corrected chi connectivity index (χ4v) is 1.71. The largest absolute Gasteiger partial charge is 0.310 e. The van der Waals surface area contributed by atoms with E-state index >= 15 is 0 Å².